The van der Waals surface area contributed by atoms with Crippen molar-refractivity contribution < 1.29 is 4.79 Å². The number of thiazole rings is 1. The van der Waals surface area contributed by atoms with Gasteiger partial charge in [-0.05, 0) is 44.7 Å². The van der Waals surface area contributed by atoms with Gasteiger partial charge in [-0.25, -0.2) is 4.98 Å². The van der Waals surface area contributed by atoms with Gasteiger partial charge in [-0.1, -0.05) is 11.8 Å². The summed E-state index contributed by atoms with van der Waals surface area (Å²) in [6, 6.07) is 6.01. The number of rotatable bonds is 5. The van der Waals surface area contributed by atoms with Crippen LogP contribution in [0.1, 0.15) is 11.3 Å². The maximum absolute atomic E-state index is 11.6. The summed E-state index contributed by atoms with van der Waals surface area (Å²) in [6.45, 7) is 4.30. The molecule has 0 spiro atoms. The maximum atomic E-state index is 11.6. The quantitative estimate of drug-likeness (QED) is 0.891. The van der Waals surface area contributed by atoms with Crippen LogP contribution in [0.2, 0.25) is 0 Å². The SMILES string of the molecule is CNCC(=O)Nc1ccc(Sc2nc(C)cs2)cc1C. The van der Waals surface area contributed by atoms with Crippen LogP contribution in [0, 0.1) is 13.8 Å². The van der Waals surface area contributed by atoms with E-state index in [1.54, 1.807) is 30.1 Å². The third kappa shape index (κ3) is 4.06. The van der Waals surface area contributed by atoms with Crippen molar-refractivity contribution in [1.29, 1.82) is 0 Å². The van der Waals surface area contributed by atoms with Crippen molar-refractivity contribution in [1.82, 2.24) is 10.3 Å². The first-order valence-corrected chi connectivity index (χ1v) is 7.93. The van der Waals surface area contributed by atoms with Crippen LogP contribution in [-0.2, 0) is 4.79 Å². The molecule has 2 N–H and O–H groups in total. The van der Waals surface area contributed by atoms with E-state index in [9.17, 15) is 4.79 Å². The molecule has 0 aliphatic rings. The predicted octanol–water partition coefficient (Wildman–Crippen LogP) is 3.07. The van der Waals surface area contributed by atoms with Crippen LogP contribution in [0.25, 0.3) is 0 Å². The summed E-state index contributed by atoms with van der Waals surface area (Å²) in [5.41, 5.74) is 2.95. The van der Waals surface area contributed by atoms with Crippen molar-refractivity contribution >= 4 is 34.7 Å². The lowest BCUT2D eigenvalue weighted by Crippen LogP contribution is -2.25. The van der Waals surface area contributed by atoms with Crippen LogP contribution in [-0.4, -0.2) is 24.5 Å². The zero-order chi connectivity index (χ0) is 14.5. The molecule has 20 heavy (non-hydrogen) atoms. The Morgan fingerprint density at radius 2 is 2.20 bits per heavy atom. The van der Waals surface area contributed by atoms with Crippen LogP contribution in [0.15, 0.2) is 32.8 Å². The Morgan fingerprint density at radius 1 is 1.40 bits per heavy atom. The molecule has 0 fully saturated rings. The Kier molecular flexibility index (Phi) is 5.17. The highest BCUT2D eigenvalue weighted by molar-refractivity contribution is 8.01. The lowest BCUT2D eigenvalue weighted by molar-refractivity contribution is -0.115. The van der Waals surface area contributed by atoms with Gasteiger partial charge < -0.3 is 10.6 Å². The lowest BCUT2D eigenvalue weighted by atomic mass is 10.2. The largest absolute Gasteiger partial charge is 0.325 e. The number of amides is 1. The number of aromatic nitrogens is 1. The molecule has 4 nitrogen and oxygen atoms in total. The van der Waals surface area contributed by atoms with Gasteiger partial charge in [0, 0.05) is 21.7 Å². The van der Waals surface area contributed by atoms with Crippen molar-refractivity contribution in [3.8, 4) is 0 Å². The number of nitrogens with zero attached hydrogens (tertiary/aromatic N) is 1. The number of carbonyl (C=O) groups is 1. The summed E-state index contributed by atoms with van der Waals surface area (Å²) in [6.07, 6.45) is 0. The molecule has 0 aliphatic carbocycles. The zero-order valence-electron chi connectivity index (χ0n) is 11.7. The van der Waals surface area contributed by atoms with Gasteiger partial charge >= 0.3 is 0 Å². The molecule has 0 aliphatic heterocycles. The number of anilines is 1. The first-order chi connectivity index (χ1) is 9.58. The van der Waals surface area contributed by atoms with Crippen molar-refractivity contribution in [2.75, 3.05) is 18.9 Å². The molecule has 1 heterocycles. The summed E-state index contributed by atoms with van der Waals surface area (Å²) in [7, 11) is 1.75. The van der Waals surface area contributed by atoms with Crippen molar-refractivity contribution in [2.45, 2.75) is 23.1 Å². The topological polar surface area (TPSA) is 54.0 Å². The lowest BCUT2D eigenvalue weighted by Gasteiger charge is -2.09. The number of aryl methyl sites for hydroxylation is 2. The van der Waals surface area contributed by atoms with E-state index >= 15 is 0 Å². The van der Waals surface area contributed by atoms with Gasteiger partial charge in [0.15, 0.2) is 4.34 Å². The Labute approximate surface area is 127 Å². The molecular weight excluding hydrogens is 290 g/mol. The molecule has 1 aromatic heterocycles. The van der Waals surface area contributed by atoms with Crippen molar-refractivity contribution in [2.24, 2.45) is 0 Å². The molecule has 1 aromatic carbocycles. The number of hydrogen-bond acceptors (Lipinski definition) is 5. The van der Waals surface area contributed by atoms with E-state index in [4.69, 9.17) is 0 Å². The average Bonchev–Trinajstić information content (AvgIpc) is 2.78. The molecular formula is C14H17N3OS2. The minimum Gasteiger partial charge on any atom is -0.325 e. The Bertz CT molecular complexity index is 610. The second kappa shape index (κ2) is 6.88. The number of nitrogens with one attached hydrogen (secondary N) is 2. The fraction of sp³-hybridized carbons (Fsp3) is 0.286. The first-order valence-electron chi connectivity index (χ1n) is 6.23. The van der Waals surface area contributed by atoms with Crippen LogP contribution in [0.3, 0.4) is 0 Å². The van der Waals surface area contributed by atoms with Gasteiger partial charge in [-0.2, -0.15) is 0 Å². The Morgan fingerprint density at radius 3 is 2.80 bits per heavy atom. The zero-order valence-corrected chi connectivity index (χ0v) is 13.3. The molecule has 1 amide bonds. The van der Waals surface area contributed by atoms with Crippen LogP contribution in [0.4, 0.5) is 5.69 Å². The van der Waals surface area contributed by atoms with E-state index in [1.807, 2.05) is 31.4 Å². The molecule has 2 aromatic rings. The van der Waals surface area contributed by atoms with Crippen molar-refractivity contribution in [3.63, 3.8) is 0 Å². The van der Waals surface area contributed by atoms with Gasteiger partial charge in [0.2, 0.25) is 5.91 Å². The monoisotopic (exact) mass is 307 g/mol. The highest BCUT2D eigenvalue weighted by Crippen LogP contribution is 2.32. The number of benzene rings is 1. The van der Waals surface area contributed by atoms with Crippen LogP contribution < -0.4 is 10.6 Å². The third-order valence-electron chi connectivity index (χ3n) is 2.61. The van der Waals surface area contributed by atoms with Crippen molar-refractivity contribution in [3.05, 3.63) is 34.8 Å². The van der Waals surface area contributed by atoms with Gasteiger partial charge in [0.25, 0.3) is 0 Å². The summed E-state index contributed by atoms with van der Waals surface area (Å²) >= 11 is 3.29. The third-order valence-corrected chi connectivity index (χ3v) is 4.66. The minimum absolute atomic E-state index is 0.0356. The maximum Gasteiger partial charge on any atom is 0.238 e. The van der Waals surface area contributed by atoms with E-state index in [2.05, 4.69) is 21.7 Å². The standard InChI is InChI=1S/C14H17N3OS2/c1-9-6-11(20-14-16-10(2)8-19-14)4-5-12(9)17-13(18)7-15-3/h4-6,8,15H,7H2,1-3H3,(H,17,18). The summed E-state index contributed by atoms with van der Waals surface area (Å²) in [4.78, 5) is 17.1. The van der Waals surface area contributed by atoms with E-state index in [0.717, 1.165) is 26.2 Å². The Balaban J connectivity index is 2.07. The average molecular weight is 307 g/mol. The molecule has 6 heteroatoms. The fourth-order valence-electron chi connectivity index (χ4n) is 1.67. The van der Waals surface area contributed by atoms with Gasteiger partial charge in [0.1, 0.15) is 0 Å². The molecule has 0 bridgehead atoms. The molecule has 106 valence electrons. The van der Waals surface area contributed by atoms with Gasteiger partial charge in [-0.15, -0.1) is 11.3 Å². The van der Waals surface area contributed by atoms with Crippen LogP contribution in [0.5, 0.6) is 0 Å². The van der Waals surface area contributed by atoms with Gasteiger partial charge in [-0.3, -0.25) is 4.79 Å². The fourth-order valence-corrected chi connectivity index (χ4v) is 3.58. The van der Waals surface area contributed by atoms with Gasteiger partial charge in [0.05, 0.1) is 6.54 Å². The minimum atomic E-state index is -0.0356. The van der Waals surface area contributed by atoms with E-state index in [-0.39, 0.29) is 5.91 Å². The normalized spacial score (nSPS) is 10.6. The molecule has 2 rings (SSSR count). The molecule has 0 saturated carbocycles. The second-order valence-electron chi connectivity index (χ2n) is 4.41. The highest BCUT2D eigenvalue weighted by atomic mass is 32.2. The Hall–Kier alpha value is -1.37. The molecule has 0 radical (unpaired) electrons. The smallest absolute Gasteiger partial charge is 0.238 e. The number of hydrogen-bond donors (Lipinski definition) is 2. The van der Waals surface area contributed by atoms with E-state index in [0.29, 0.717) is 6.54 Å². The number of carbonyl (C=O) groups excluding carboxylic acids is 1. The second-order valence-corrected chi connectivity index (χ2v) is 6.59. The first kappa shape index (κ1) is 15.0. The summed E-state index contributed by atoms with van der Waals surface area (Å²) in [5.74, 6) is -0.0356. The molecule has 0 unspecified atom stereocenters. The van der Waals surface area contributed by atoms with Crippen LogP contribution >= 0.6 is 23.1 Å². The summed E-state index contributed by atoms with van der Waals surface area (Å²) < 4.78 is 1.04. The molecule has 0 atom stereocenters. The number of likely N-dealkylation sites (N-methyl/N-ethyl adjacent to an activating group) is 1. The van der Waals surface area contributed by atoms with E-state index in [1.165, 1.54) is 0 Å². The summed E-state index contributed by atoms with van der Waals surface area (Å²) in [5, 5.41) is 7.76. The molecule has 0 saturated heterocycles. The van der Waals surface area contributed by atoms with E-state index < -0.39 is 0 Å². The highest BCUT2D eigenvalue weighted by Gasteiger charge is 2.06. The predicted molar refractivity (Wildman–Crippen MR) is 84.7 cm³/mol.